The number of anilines is 2. The van der Waals surface area contributed by atoms with Crippen LogP contribution in [0.5, 0.6) is 0 Å². The second-order valence-electron chi connectivity index (χ2n) is 5.21. The van der Waals surface area contributed by atoms with Gasteiger partial charge in [0.15, 0.2) is 0 Å². The third-order valence-electron chi connectivity index (χ3n) is 3.84. The summed E-state index contributed by atoms with van der Waals surface area (Å²) in [5.74, 6) is 0.737. The summed E-state index contributed by atoms with van der Waals surface area (Å²) in [6, 6.07) is 13.1. The first-order chi connectivity index (χ1) is 10.3. The molecule has 0 saturated heterocycles. The van der Waals surface area contributed by atoms with Gasteiger partial charge in [0.1, 0.15) is 5.82 Å². The summed E-state index contributed by atoms with van der Waals surface area (Å²) in [7, 11) is 0. The number of halogens is 1. The maximum Gasteiger partial charge on any atom is 0.136 e. The number of fused-ring (bicyclic) bond motifs is 1. The molecule has 2 nitrogen and oxygen atoms in total. The van der Waals surface area contributed by atoms with E-state index in [1.54, 1.807) is 17.8 Å². The minimum Gasteiger partial charge on any atom is -0.398 e. The first-order valence-electron chi connectivity index (χ1n) is 7.25. The summed E-state index contributed by atoms with van der Waals surface area (Å²) >= 11 is 1.57. The molecule has 0 fully saturated rings. The Balaban J connectivity index is 1.65. The fourth-order valence-electron chi connectivity index (χ4n) is 2.79. The molecule has 0 atom stereocenters. The Kier molecular flexibility index (Phi) is 4.34. The van der Waals surface area contributed by atoms with Crippen LogP contribution in [0, 0.1) is 5.82 Å². The van der Waals surface area contributed by atoms with Crippen LogP contribution >= 0.6 is 11.8 Å². The Bertz CT molecular complexity index is 630. The van der Waals surface area contributed by atoms with Gasteiger partial charge in [0, 0.05) is 35.1 Å². The van der Waals surface area contributed by atoms with Gasteiger partial charge in [-0.05, 0) is 42.7 Å². The molecule has 0 aromatic heterocycles. The molecule has 0 radical (unpaired) electrons. The van der Waals surface area contributed by atoms with Crippen LogP contribution in [0.15, 0.2) is 47.4 Å². The Labute approximate surface area is 129 Å². The van der Waals surface area contributed by atoms with Gasteiger partial charge in [-0.1, -0.05) is 18.2 Å². The van der Waals surface area contributed by atoms with Gasteiger partial charge in [-0.25, -0.2) is 4.39 Å². The predicted molar refractivity (Wildman–Crippen MR) is 88.5 cm³/mol. The zero-order valence-corrected chi connectivity index (χ0v) is 12.7. The molecule has 2 aromatic carbocycles. The summed E-state index contributed by atoms with van der Waals surface area (Å²) in [6.07, 6.45) is 2.19. The number of nitrogens with two attached hydrogens (primary N) is 1. The summed E-state index contributed by atoms with van der Waals surface area (Å²) in [5, 5.41) is 0. The number of nitrogen functional groups attached to an aromatic ring is 1. The van der Waals surface area contributed by atoms with Crippen LogP contribution in [0.4, 0.5) is 15.8 Å². The first-order valence-corrected chi connectivity index (χ1v) is 8.24. The van der Waals surface area contributed by atoms with Crippen LogP contribution in [0.3, 0.4) is 0 Å². The molecule has 110 valence electrons. The number of hydrogen-bond acceptors (Lipinski definition) is 3. The molecule has 2 N–H and O–H groups in total. The summed E-state index contributed by atoms with van der Waals surface area (Å²) < 4.78 is 13.6. The van der Waals surface area contributed by atoms with Gasteiger partial charge in [-0.3, -0.25) is 0 Å². The zero-order valence-electron chi connectivity index (χ0n) is 11.9. The highest BCUT2D eigenvalue weighted by Gasteiger charge is 2.18. The maximum atomic E-state index is 13.6. The van der Waals surface area contributed by atoms with Crippen LogP contribution < -0.4 is 10.6 Å². The van der Waals surface area contributed by atoms with Gasteiger partial charge in [0.05, 0.1) is 0 Å². The van der Waals surface area contributed by atoms with Crippen LogP contribution in [-0.4, -0.2) is 18.8 Å². The van der Waals surface area contributed by atoms with Gasteiger partial charge in [-0.2, -0.15) is 0 Å². The Morgan fingerprint density at radius 2 is 2.00 bits per heavy atom. The van der Waals surface area contributed by atoms with E-state index in [0.717, 1.165) is 42.3 Å². The van der Waals surface area contributed by atoms with Gasteiger partial charge in [0.25, 0.3) is 0 Å². The lowest BCUT2D eigenvalue weighted by molar-refractivity contribution is 0.602. The molecular weight excluding hydrogens is 283 g/mol. The molecular formula is C17H19FN2S. The molecule has 0 spiro atoms. The van der Waals surface area contributed by atoms with Gasteiger partial charge >= 0.3 is 0 Å². The molecule has 2 aromatic rings. The number of benzene rings is 2. The summed E-state index contributed by atoms with van der Waals surface area (Å²) in [4.78, 5) is 3.09. The first kappa shape index (κ1) is 14.3. The van der Waals surface area contributed by atoms with Crippen molar-refractivity contribution in [2.45, 2.75) is 17.7 Å². The number of hydrogen-bond donors (Lipinski definition) is 1. The number of nitrogens with zero attached hydrogens (tertiary/aromatic N) is 1. The van der Waals surface area contributed by atoms with Crippen molar-refractivity contribution in [2.24, 2.45) is 0 Å². The number of rotatable bonds is 4. The highest BCUT2D eigenvalue weighted by Crippen LogP contribution is 2.31. The van der Waals surface area contributed by atoms with E-state index in [0.29, 0.717) is 0 Å². The van der Waals surface area contributed by atoms with Crippen LogP contribution in [0.2, 0.25) is 0 Å². The third kappa shape index (κ3) is 3.16. The van der Waals surface area contributed by atoms with Crippen LogP contribution in [0.25, 0.3) is 0 Å². The van der Waals surface area contributed by atoms with Crippen LogP contribution in [-0.2, 0) is 6.42 Å². The van der Waals surface area contributed by atoms with E-state index < -0.39 is 0 Å². The largest absolute Gasteiger partial charge is 0.398 e. The van der Waals surface area contributed by atoms with Gasteiger partial charge < -0.3 is 10.6 Å². The van der Waals surface area contributed by atoms with Crippen molar-refractivity contribution in [3.8, 4) is 0 Å². The quantitative estimate of drug-likeness (QED) is 0.685. The van der Waals surface area contributed by atoms with Crippen molar-refractivity contribution in [3.63, 3.8) is 0 Å². The average Bonchev–Trinajstić information content (AvgIpc) is 2.50. The van der Waals surface area contributed by atoms with E-state index in [1.807, 2.05) is 24.3 Å². The van der Waals surface area contributed by atoms with Crippen molar-refractivity contribution < 1.29 is 4.39 Å². The van der Waals surface area contributed by atoms with Crippen molar-refractivity contribution in [3.05, 3.63) is 53.8 Å². The molecule has 0 saturated carbocycles. The van der Waals surface area contributed by atoms with Gasteiger partial charge in [0.2, 0.25) is 0 Å². The maximum absolute atomic E-state index is 13.6. The van der Waals surface area contributed by atoms with E-state index >= 15 is 0 Å². The molecule has 0 unspecified atom stereocenters. The normalized spacial score (nSPS) is 14.0. The molecule has 0 aliphatic carbocycles. The second-order valence-corrected chi connectivity index (χ2v) is 6.35. The standard InChI is InChI=1S/C17H19FN2S/c18-14-6-1-2-9-17(14)21-12-11-20-10-4-5-13-15(19)7-3-8-16(13)20/h1-3,6-9H,4-5,10-12,19H2. The topological polar surface area (TPSA) is 29.3 Å². The van der Waals surface area contributed by atoms with E-state index in [9.17, 15) is 4.39 Å². The second kappa shape index (κ2) is 6.39. The average molecular weight is 302 g/mol. The van der Waals surface area contributed by atoms with E-state index in [2.05, 4.69) is 11.0 Å². The molecule has 0 amide bonds. The lowest BCUT2D eigenvalue weighted by Gasteiger charge is -2.32. The lowest BCUT2D eigenvalue weighted by Crippen LogP contribution is -2.31. The predicted octanol–water partition coefficient (Wildman–Crippen LogP) is 3.95. The number of thioether (sulfide) groups is 1. The van der Waals surface area contributed by atoms with Crippen molar-refractivity contribution in [1.29, 1.82) is 0 Å². The molecule has 4 heteroatoms. The molecule has 1 heterocycles. The monoisotopic (exact) mass is 302 g/mol. The van der Waals surface area contributed by atoms with E-state index in [1.165, 1.54) is 17.3 Å². The lowest BCUT2D eigenvalue weighted by atomic mass is 10.00. The summed E-state index contributed by atoms with van der Waals surface area (Å²) in [6.45, 7) is 1.96. The highest BCUT2D eigenvalue weighted by molar-refractivity contribution is 7.99. The highest BCUT2D eigenvalue weighted by atomic mass is 32.2. The summed E-state index contributed by atoms with van der Waals surface area (Å²) in [5.41, 5.74) is 9.46. The minimum absolute atomic E-state index is 0.134. The SMILES string of the molecule is Nc1cccc2c1CCCN2CCSc1ccccc1F. The Morgan fingerprint density at radius 1 is 1.14 bits per heavy atom. The fourth-order valence-corrected chi connectivity index (χ4v) is 3.70. The van der Waals surface area contributed by atoms with E-state index in [-0.39, 0.29) is 5.82 Å². The zero-order chi connectivity index (χ0) is 14.7. The van der Waals surface area contributed by atoms with Gasteiger partial charge in [-0.15, -0.1) is 11.8 Å². The van der Waals surface area contributed by atoms with Crippen LogP contribution in [0.1, 0.15) is 12.0 Å². The van der Waals surface area contributed by atoms with Crippen molar-refractivity contribution in [2.75, 3.05) is 29.5 Å². The molecule has 0 bridgehead atoms. The molecule has 1 aliphatic rings. The van der Waals surface area contributed by atoms with E-state index in [4.69, 9.17) is 5.73 Å². The Hall–Kier alpha value is -1.68. The fraction of sp³-hybridized carbons (Fsp3) is 0.294. The smallest absolute Gasteiger partial charge is 0.136 e. The molecule has 3 rings (SSSR count). The van der Waals surface area contributed by atoms with Crippen molar-refractivity contribution >= 4 is 23.1 Å². The molecule has 1 aliphatic heterocycles. The van der Waals surface area contributed by atoms with Crippen molar-refractivity contribution in [1.82, 2.24) is 0 Å². The Morgan fingerprint density at radius 3 is 2.86 bits per heavy atom. The minimum atomic E-state index is -0.134. The molecule has 21 heavy (non-hydrogen) atoms. The third-order valence-corrected chi connectivity index (χ3v) is 4.87.